The van der Waals surface area contributed by atoms with E-state index in [1.807, 2.05) is 12.1 Å². The average molecular weight is 425 g/mol. The third kappa shape index (κ3) is 4.78. The first-order valence-electron chi connectivity index (χ1n) is 9.22. The molecule has 152 valence electrons. The lowest BCUT2D eigenvalue weighted by atomic mass is 10.0. The molecule has 2 aromatic rings. The first-order valence-corrected chi connectivity index (χ1v) is 10.7. The Balaban J connectivity index is 0.00000225. The lowest BCUT2D eigenvalue weighted by Crippen LogP contribution is -2.47. The highest BCUT2D eigenvalue weighted by atomic mass is 35.5. The summed E-state index contributed by atoms with van der Waals surface area (Å²) in [6.45, 7) is 0. The van der Waals surface area contributed by atoms with Crippen LogP contribution in [0.1, 0.15) is 25.7 Å². The molecule has 2 fully saturated rings. The highest BCUT2D eigenvalue weighted by Crippen LogP contribution is 2.28. The van der Waals surface area contributed by atoms with E-state index in [1.54, 1.807) is 43.5 Å². The Bertz CT molecular complexity index is 875. The number of rotatable bonds is 6. The molecule has 0 aromatic heterocycles. The van der Waals surface area contributed by atoms with Crippen LogP contribution in [0.4, 0.5) is 0 Å². The van der Waals surface area contributed by atoms with Crippen molar-refractivity contribution in [2.75, 3.05) is 7.11 Å². The van der Waals surface area contributed by atoms with Gasteiger partial charge in [-0.25, -0.2) is 13.1 Å². The van der Waals surface area contributed by atoms with Crippen molar-refractivity contribution in [2.45, 2.75) is 48.7 Å². The van der Waals surface area contributed by atoms with Gasteiger partial charge in [0.15, 0.2) is 0 Å². The van der Waals surface area contributed by atoms with Gasteiger partial charge in [-0.3, -0.25) is 0 Å². The topological polar surface area (TPSA) is 76.7 Å². The Morgan fingerprint density at radius 1 is 0.893 bits per heavy atom. The van der Waals surface area contributed by atoms with Gasteiger partial charge >= 0.3 is 0 Å². The van der Waals surface area contributed by atoms with E-state index in [1.165, 1.54) is 0 Å². The Hall–Kier alpha value is -1.80. The van der Waals surface area contributed by atoms with Crippen LogP contribution in [0.5, 0.6) is 17.2 Å². The molecule has 2 aliphatic heterocycles. The second kappa shape index (κ2) is 8.69. The average Bonchev–Trinajstić information content (AvgIpc) is 3.01. The molecule has 0 saturated carbocycles. The monoisotopic (exact) mass is 424 g/mol. The molecule has 28 heavy (non-hydrogen) atoms. The van der Waals surface area contributed by atoms with Crippen LogP contribution in [0.2, 0.25) is 0 Å². The van der Waals surface area contributed by atoms with Crippen molar-refractivity contribution >= 4 is 22.4 Å². The molecule has 2 bridgehead atoms. The summed E-state index contributed by atoms with van der Waals surface area (Å²) < 4.78 is 39.1. The Kier molecular flexibility index (Phi) is 6.50. The molecular weight excluding hydrogens is 400 g/mol. The summed E-state index contributed by atoms with van der Waals surface area (Å²) in [5.74, 6) is 2.00. The van der Waals surface area contributed by atoms with E-state index in [0.717, 1.165) is 31.4 Å². The fourth-order valence-corrected chi connectivity index (χ4v) is 5.17. The standard InChI is InChI=1S/C20H24N2O4S.ClH/c1-25-17-4-6-18(7-5-17)26-19-8-10-20(11-9-19)27(23,24)22-16-12-14-2-3-15(13-16)21-14;/h4-11,14-16,21-22H,2-3,12-13H2,1H3;1H. The van der Waals surface area contributed by atoms with Crippen molar-refractivity contribution in [3.8, 4) is 17.2 Å². The summed E-state index contributed by atoms with van der Waals surface area (Å²) >= 11 is 0. The van der Waals surface area contributed by atoms with Crippen LogP contribution in [0.15, 0.2) is 53.4 Å². The minimum absolute atomic E-state index is 0. The van der Waals surface area contributed by atoms with Crippen LogP contribution in [0.3, 0.4) is 0 Å². The molecule has 2 N–H and O–H groups in total. The van der Waals surface area contributed by atoms with E-state index in [9.17, 15) is 8.42 Å². The Morgan fingerprint density at radius 2 is 1.39 bits per heavy atom. The molecule has 2 aliphatic rings. The molecule has 2 atom stereocenters. The second-order valence-corrected chi connectivity index (χ2v) is 8.89. The molecule has 6 nitrogen and oxygen atoms in total. The van der Waals surface area contributed by atoms with Crippen LogP contribution in [0.25, 0.3) is 0 Å². The number of hydrogen-bond donors (Lipinski definition) is 2. The molecule has 0 spiro atoms. The van der Waals surface area contributed by atoms with Gasteiger partial charge in [0, 0.05) is 18.1 Å². The van der Waals surface area contributed by atoms with Gasteiger partial charge in [-0.1, -0.05) is 0 Å². The first-order chi connectivity index (χ1) is 13.0. The Labute approximate surface area is 172 Å². The van der Waals surface area contributed by atoms with Gasteiger partial charge in [0.25, 0.3) is 0 Å². The number of hydrogen-bond acceptors (Lipinski definition) is 5. The number of piperidine rings is 1. The van der Waals surface area contributed by atoms with Gasteiger partial charge in [-0.2, -0.15) is 0 Å². The van der Waals surface area contributed by atoms with Crippen LogP contribution in [0, 0.1) is 0 Å². The van der Waals surface area contributed by atoms with Gasteiger partial charge in [0.1, 0.15) is 17.2 Å². The molecule has 0 aliphatic carbocycles. The van der Waals surface area contributed by atoms with E-state index in [-0.39, 0.29) is 23.3 Å². The molecule has 2 unspecified atom stereocenters. The summed E-state index contributed by atoms with van der Waals surface area (Å²) in [5, 5.41) is 3.52. The molecule has 2 heterocycles. The SMILES string of the molecule is COc1ccc(Oc2ccc(S(=O)(=O)NC3CC4CCC(C3)N4)cc2)cc1.Cl. The summed E-state index contributed by atoms with van der Waals surface area (Å²) in [7, 11) is -1.92. The minimum atomic E-state index is -3.53. The lowest BCUT2D eigenvalue weighted by molar-refractivity contribution is 0.345. The highest BCUT2D eigenvalue weighted by molar-refractivity contribution is 7.89. The fourth-order valence-electron chi connectivity index (χ4n) is 3.91. The van der Waals surface area contributed by atoms with Crippen molar-refractivity contribution in [1.29, 1.82) is 0 Å². The van der Waals surface area contributed by atoms with Gasteiger partial charge in [-0.05, 0) is 74.2 Å². The van der Waals surface area contributed by atoms with E-state index < -0.39 is 10.0 Å². The maximum absolute atomic E-state index is 12.7. The summed E-state index contributed by atoms with van der Waals surface area (Å²) in [6, 6.07) is 14.6. The van der Waals surface area contributed by atoms with Crippen molar-refractivity contribution in [3.63, 3.8) is 0 Å². The van der Waals surface area contributed by atoms with Crippen LogP contribution in [-0.2, 0) is 10.0 Å². The van der Waals surface area contributed by atoms with Crippen LogP contribution in [-0.4, -0.2) is 33.7 Å². The predicted molar refractivity (Wildman–Crippen MR) is 110 cm³/mol. The number of benzene rings is 2. The van der Waals surface area contributed by atoms with E-state index in [2.05, 4.69) is 10.0 Å². The zero-order valence-electron chi connectivity index (χ0n) is 15.6. The van der Waals surface area contributed by atoms with Crippen LogP contribution < -0.4 is 19.5 Å². The maximum Gasteiger partial charge on any atom is 0.240 e. The summed E-state index contributed by atoms with van der Waals surface area (Å²) in [6.07, 6.45) is 3.99. The largest absolute Gasteiger partial charge is 0.497 e. The van der Waals surface area contributed by atoms with Gasteiger partial charge in [0.05, 0.1) is 12.0 Å². The number of halogens is 1. The van der Waals surface area contributed by atoms with Crippen molar-refractivity contribution in [2.24, 2.45) is 0 Å². The Morgan fingerprint density at radius 3 is 1.93 bits per heavy atom. The van der Waals surface area contributed by atoms with Gasteiger partial charge in [-0.15, -0.1) is 12.4 Å². The maximum atomic E-state index is 12.7. The van der Waals surface area contributed by atoms with E-state index in [4.69, 9.17) is 9.47 Å². The summed E-state index contributed by atoms with van der Waals surface area (Å²) in [5.41, 5.74) is 0. The number of ether oxygens (including phenoxy) is 2. The van der Waals surface area contributed by atoms with Crippen molar-refractivity contribution in [1.82, 2.24) is 10.0 Å². The highest BCUT2D eigenvalue weighted by Gasteiger charge is 2.35. The third-order valence-corrected chi connectivity index (χ3v) is 6.76. The molecule has 8 heteroatoms. The number of fused-ring (bicyclic) bond motifs is 2. The quantitative estimate of drug-likeness (QED) is 0.742. The van der Waals surface area contributed by atoms with Crippen molar-refractivity contribution < 1.29 is 17.9 Å². The van der Waals surface area contributed by atoms with E-state index >= 15 is 0 Å². The van der Waals surface area contributed by atoms with Crippen LogP contribution >= 0.6 is 12.4 Å². The lowest BCUT2D eigenvalue weighted by Gasteiger charge is -2.29. The zero-order valence-corrected chi connectivity index (χ0v) is 17.3. The minimum Gasteiger partial charge on any atom is -0.497 e. The fraction of sp³-hybridized carbons (Fsp3) is 0.400. The third-order valence-electron chi connectivity index (χ3n) is 5.22. The van der Waals surface area contributed by atoms with E-state index in [0.29, 0.717) is 23.6 Å². The van der Waals surface area contributed by atoms with Gasteiger partial charge in [0.2, 0.25) is 10.0 Å². The molecule has 0 amide bonds. The predicted octanol–water partition coefficient (Wildman–Crippen LogP) is 3.47. The summed E-state index contributed by atoms with van der Waals surface area (Å²) in [4.78, 5) is 0.260. The number of sulfonamides is 1. The second-order valence-electron chi connectivity index (χ2n) is 7.18. The zero-order chi connectivity index (χ0) is 18.9. The van der Waals surface area contributed by atoms with Gasteiger partial charge < -0.3 is 14.8 Å². The molecule has 4 rings (SSSR count). The smallest absolute Gasteiger partial charge is 0.240 e. The number of nitrogens with one attached hydrogen (secondary N) is 2. The molecule has 0 radical (unpaired) electrons. The molecule has 2 aromatic carbocycles. The van der Waals surface area contributed by atoms with Crippen molar-refractivity contribution in [3.05, 3.63) is 48.5 Å². The molecular formula is C20H25ClN2O4S. The molecule has 2 saturated heterocycles. The normalized spacial score (nSPS) is 23.7. The first kappa shape index (κ1) is 20.9. The number of methoxy groups -OCH3 is 1.